The van der Waals surface area contributed by atoms with Gasteiger partial charge in [-0.1, -0.05) is 25.1 Å². The van der Waals surface area contributed by atoms with Gasteiger partial charge < -0.3 is 9.80 Å². The highest BCUT2D eigenvalue weighted by molar-refractivity contribution is 5.94. The molecule has 6 heteroatoms. The van der Waals surface area contributed by atoms with E-state index in [1.807, 2.05) is 62.7 Å². The number of nitrogens with zero attached hydrogens (tertiary/aromatic N) is 4. The molecule has 1 fully saturated rings. The van der Waals surface area contributed by atoms with Gasteiger partial charge in [-0.2, -0.15) is 5.10 Å². The standard InChI is InChI=1S/C20H26N4O2/c1-5-10-22-13-19(25)23(16(4)20(22)26)12-17-8-6-7-9-18(17)24-15(3)11-14(2)21-24/h6-9,11,16H,5,10,12-13H2,1-4H3/t16-/m0/s1. The zero-order chi connectivity index (χ0) is 18.8. The van der Waals surface area contributed by atoms with Gasteiger partial charge in [0.05, 0.1) is 17.9 Å². The van der Waals surface area contributed by atoms with Crippen LogP contribution >= 0.6 is 0 Å². The molecular formula is C20H26N4O2. The largest absolute Gasteiger partial charge is 0.332 e. The van der Waals surface area contributed by atoms with Crippen molar-refractivity contribution >= 4 is 11.8 Å². The highest BCUT2D eigenvalue weighted by atomic mass is 16.2. The van der Waals surface area contributed by atoms with Crippen molar-refractivity contribution in [3.8, 4) is 5.69 Å². The molecular weight excluding hydrogens is 328 g/mol. The van der Waals surface area contributed by atoms with E-state index in [1.165, 1.54) is 0 Å². The lowest BCUT2D eigenvalue weighted by Gasteiger charge is -2.39. The van der Waals surface area contributed by atoms with Gasteiger partial charge in [0.25, 0.3) is 0 Å². The molecule has 2 heterocycles. The summed E-state index contributed by atoms with van der Waals surface area (Å²) >= 11 is 0. The van der Waals surface area contributed by atoms with Gasteiger partial charge in [-0.25, -0.2) is 4.68 Å². The molecule has 0 saturated carbocycles. The molecule has 1 aromatic carbocycles. The summed E-state index contributed by atoms with van der Waals surface area (Å²) in [5.74, 6) is 0.0174. The molecule has 1 aliphatic rings. The first-order valence-corrected chi connectivity index (χ1v) is 9.12. The third-order valence-electron chi connectivity index (χ3n) is 4.85. The van der Waals surface area contributed by atoms with Crippen LogP contribution in [-0.4, -0.2) is 50.5 Å². The smallest absolute Gasteiger partial charge is 0.245 e. The van der Waals surface area contributed by atoms with Gasteiger partial charge in [-0.15, -0.1) is 0 Å². The number of piperazine rings is 1. The highest BCUT2D eigenvalue weighted by Crippen LogP contribution is 2.22. The summed E-state index contributed by atoms with van der Waals surface area (Å²) in [5.41, 5.74) is 3.92. The maximum Gasteiger partial charge on any atom is 0.245 e. The average molecular weight is 354 g/mol. The summed E-state index contributed by atoms with van der Waals surface area (Å²) in [4.78, 5) is 28.6. The summed E-state index contributed by atoms with van der Waals surface area (Å²) in [6.07, 6.45) is 0.854. The molecule has 1 aromatic heterocycles. The van der Waals surface area contributed by atoms with E-state index in [4.69, 9.17) is 0 Å². The molecule has 26 heavy (non-hydrogen) atoms. The van der Waals surface area contributed by atoms with E-state index in [0.29, 0.717) is 13.1 Å². The molecule has 138 valence electrons. The van der Waals surface area contributed by atoms with Crippen LogP contribution in [0.4, 0.5) is 0 Å². The molecule has 0 spiro atoms. The monoisotopic (exact) mass is 354 g/mol. The molecule has 1 aliphatic heterocycles. The Hall–Kier alpha value is -2.63. The normalized spacial score (nSPS) is 17.9. The number of carbonyl (C=O) groups is 2. The quantitative estimate of drug-likeness (QED) is 0.829. The van der Waals surface area contributed by atoms with Crippen molar-refractivity contribution in [3.63, 3.8) is 0 Å². The molecule has 2 aromatic rings. The summed E-state index contributed by atoms with van der Waals surface area (Å²) < 4.78 is 1.90. The number of amides is 2. The number of aromatic nitrogens is 2. The van der Waals surface area contributed by atoms with E-state index < -0.39 is 6.04 Å². The number of carbonyl (C=O) groups excluding carboxylic acids is 2. The summed E-state index contributed by atoms with van der Waals surface area (Å²) in [6.45, 7) is 9.00. The second-order valence-electron chi connectivity index (χ2n) is 6.93. The van der Waals surface area contributed by atoms with Crippen LogP contribution in [0.1, 0.15) is 37.2 Å². The third-order valence-corrected chi connectivity index (χ3v) is 4.85. The van der Waals surface area contributed by atoms with E-state index in [-0.39, 0.29) is 18.4 Å². The number of hydrogen-bond donors (Lipinski definition) is 0. The number of benzene rings is 1. The average Bonchev–Trinajstić information content (AvgIpc) is 2.95. The fourth-order valence-electron chi connectivity index (χ4n) is 3.54. The predicted molar refractivity (Wildman–Crippen MR) is 99.9 cm³/mol. The Labute approximate surface area is 154 Å². The Bertz CT molecular complexity index is 827. The number of para-hydroxylation sites is 1. The Morgan fingerprint density at radius 2 is 1.92 bits per heavy atom. The fourth-order valence-corrected chi connectivity index (χ4v) is 3.54. The Kier molecular flexibility index (Phi) is 5.11. The van der Waals surface area contributed by atoms with Gasteiger partial charge >= 0.3 is 0 Å². The summed E-state index contributed by atoms with van der Waals surface area (Å²) in [6, 6.07) is 9.49. The fraction of sp³-hybridized carbons (Fsp3) is 0.450. The van der Waals surface area contributed by atoms with Gasteiger partial charge in [0, 0.05) is 18.8 Å². The topological polar surface area (TPSA) is 58.4 Å². The van der Waals surface area contributed by atoms with Gasteiger partial charge in [-0.05, 0) is 44.9 Å². The number of hydrogen-bond acceptors (Lipinski definition) is 3. The van der Waals surface area contributed by atoms with E-state index in [0.717, 1.165) is 29.1 Å². The Morgan fingerprint density at radius 1 is 1.19 bits per heavy atom. The van der Waals surface area contributed by atoms with E-state index in [1.54, 1.807) is 9.80 Å². The molecule has 2 amide bonds. The van der Waals surface area contributed by atoms with Crippen molar-refractivity contribution in [2.45, 2.75) is 46.7 Å². The lowest BCUT2D eigenvalue weighted by Crippen LogP contribution is -2.58. The summed E-state index contributed by atoms with van der Waals surface area (Å²) in [5, 5.41) is 4.56. The first kappa shape index (κ1) is 18.2. The van der Waals surface area contributed by atoms with E-state index in [9.17, 15) is 9.59 Å². The minimum Gasteiger partial charge on any atom is -0.332 e. The maximum atomic E-state index is 12.7. The highest BCUT2D eigenvalue weighted by Gasteiger charge is 2.36. The van der Waals surface area contributed by atoms with Crippen molar-refractivity contribution < 1.29 is 9.59 Å². The lowest BCUT2D eigenvalue weighted by atomic mass is 10.1. The second-order valence-corrected chi connectivity index (χ2v) is 6.93. The Morgan fingerprint density at radius 3 is 2.58 bits per heavy atom. The zero-order valence-corrected chi connectivity index (χ0v) is 15.9. The summed E-state index contributed by atoms with van der Waals surface area (Å²) in [7, 11) is 0. The van der Waals surface area contributed by atoms with Gasteiger partial charge in [0.1, 0.15) is 6.04 Å². The SMILES string of the molecule is CCCN1CC(=O)N(Cc2ccccc2-n2nc(C)cc2C)[C@@H](C)C1=O. The Balaban J connectivity index is 1.89. The van der Waals surface area contributed by atoms with Crippen molar-refractivity contribution in [3.05, 3.63) is 47.3 Å². The molecule has 0 N–H and O–H groups in total. The molecule has 6 nitrogen and oxygen atoms in total. The molecule has 1 saturated heterocycles. The van der Waals surface area contributed by atoms with Crippen LogP contribution in [0.2, 0.25) is 0 Å². The minimum atomic E-state index is -0.448. The van der Waals surface area contributed by atoms with Crippen molar-refractivity contribution in [1.29, 1.82) is 0 Å². The van der Waals surface area contributed by atoms with Crippen LogP contribution in [-0.2, 0) is 16.1 Å². The van der Waals surface area contributed by atoms with Crippen LogP contribution in [0.15, 0.2) is 30.3 Å². The van der Waals surface area contributed by atoms with Crippen LogP contribution in [0.3, 0.4) is 0 Å². The molecule has 0 bridgehead atoms. The van der Waals surface area contributed by atoms with Gasteiger partial charge in [0.2, 0.25) is 11.8 Å². The first-order chi connectivity index (χ1) is 12.4. The van der Waals surface area contributed by atoms with Gasteiger partial charge in [0.15, 0.2) is 0 Å². The van der Waals surface area contributed by atoms with Crippen molar-refractivity contribution in [1.82, 2.24) is 19.6 Å². The van der Waals surface area contributed by atoms with E-state index in [2.05, 4.69) is 5.10 Å². The third kappa shape index (κ3) is 3.36. The van der Waals surface area contributed by atoms with Gasteiger partial charge in [-0.3, -0.25) is 9.59 Å². The van der Waals surface area contributed by atoms with E-state index >= 15 is 0 Å². The molecule has 0 radical (unpaired) electrons. The van der Waals surface area contributed by atoms with Crippen molar-refractivity contribution in [2.24, 2.45) is 0 Å². The van der Waals surface area contributed by atoms with Crippen LogP contribution in [0.25, 0.3) is 5.69 Å². The lowest BCUT2D eigenvalue weighted by molar-refractivity contribution is -0.155. The maximum absolute atomic E-state index is 12.7. The predicted octanol–water partition coefficient (Wildman–Crippen LogP) is 2.46. The number of rotatable bonds is 5. The first-order valence-electron chi connectivity index (χ1n) is 9.12. The number of aryl methyl sites for hydroxylation is 2. The van der Waals surface area contributed by atoms with Crippen LogP contribution < -0.4 is 0 Å². The minimum absolute atomic E-state index is 0.00581. The van der Waals surface area contributed by atoms with Crippen LogP contribution in [0.5, 0.6) is 0 Å². The zero-order valence-electron chi connectivity index (χ0n) is 15.9. The molecule has 1 atom stereocenters. The van der Waals surface area contributed by atoms with Crippen molar-refractivity contribution in [2.75, 3.05) is 13.1 Å². The molecule has 0 unspecified atom stereocenters. The molecule has 0 aliphatic carbocycles. The van der Waals surface area contributed by atoms with Crippen LogP contribution in [0, 0.1) is 13.8 Å². The molecule has 3 rings (SSSR count). The second kappa shape index (κ2) is 7.32.